The number of para-hydroxylation sites is 1. The smallest absolute Gasteiger partial charge is 0.273 e. The molecule has 12 heteroatoms. The number of rotatable bonds is 6. The summed E-state index contributed by atoms with van der Waals surface area (Å²) in [5, 5.41) is 15.6. The first-order valence-corrected chi connectivity index (χ1v) is 10.6. The number of pyridine rings is 1. The van der Waals surface area contributed by atoms with E-state index in [9.17, 15) is 4.79 Å². The Kier molecular flexibility index (Phi) is 5.50. The van der Waals surface area contributed by atoms with E-state index in [0.717, 1.165) is 0 Å². The molecule has 1 amide bonds. The molecule has 35 heavy (non-hydrogen) atoms. The Balaban J connectivity index is 1.57. The van der Waals surface area contributed by atoms with Gasteiger partial charge in [0.15, 0.2) is 5.75 Å². The van der Waals surface area contributed by atoms with Crippen molar-refractivity contribution in [2.24, 2.45) is 7.05 Å². The molecule has 0 atom stereocenters. The van der Waals surface area contributed by atoms with E-state index in [0.29, 0.717) is 64.1 Å². The molecule has 3 aromatic heterocycles. The first-order chi connectivity index (χ1) is 17.0. The Labute approximate surface area is 200 Å². The minimum absolute atomic E-state index is 0.121. The number of tetrazole rings is 1. The number of carbonyl (C=O) groups excluding carboxylic acids is 1. The number of aromatic nitrogens is 7. The number of hydrogen-bond donors (Lipinski definition) is 1. The van der Waals surface area contributed by atoms with E-state index in [4.69, 9.17) is 16.3 Å². The van der Waals surface area contributed by atoms with Gasteiger partial charge in [0.1, 0.15) is 0 Å². The molecule has 0 saturated carbocycles. The molecule has 1 aliphatic heterocycles. The van der Waals surface area contributed by atoms with Crippen LogP contribution < -0.4 is 10.1 Å². The van der Waals surface area contributed by atoms with E-state index in [1.165, 1.54) is 11.1 Å². The average molecular weight is 468 g/mol. The van der Waals surface area contributed by atoms with Gasteiger partial charge in [0.05, 0.1) is 48.9 Å². The molecular weight excluding hydrogens is 448 g/mol. The van der Waals surface area contributed by atoms with Gasteiger partial charge in [0.25, 0.3) is 11.7 Å². The van der Waals surface area contributed by atoms with Gasteiger partial charge in [-0.15, -0.1) is 15.2 Å². The Morgan fingerprint density at radius 1 is 1.17 bits per heavy atom. The number of benzene rings is 1. The molecule has 1 aliphatic rings. The van der Waals surface area contributed by atoms with Crippen LogP contribution in [0.15, 0.2) is 36.7 Å². The van der Waals surface area contributed by atoms with Crippen LogP contribution in [0.5, 0.6) is 5.75 Å². The first-order valence-electron chi connectivity index (χ1n) is 10.6. The van der Waals surface area contributed by atoms with Crippen LogP contribution in [0.3, 0.4) is 0 Å². The molecule has 1 N–H and O–H groups in total. The predicted molar refractivity (Wildman–Crippen MR) is 125 cm³/mol. The third-order valence-electron chi connectivity index (χ3n) is 5.52. The molecule has 5 rings (SSSR count). The van der Waals surface area contributed by atoms with E-state index in [1.807, 2.05) is 24.3 Å². The fourth-order valence-electron chi connectivity index (χ4n) is 3.98. The summed E-state index contributed by atoms with van der Waals surface area (Å²) in [5.74, 6) is 1.08. The molecule has 12 nitrogen and oxygen atoms in total. The van der Waals surface area contributed by atoms with Gasteiger partial charge >= 0.3 is 0 Å². The summed E-state index contributed by atoms with van der Waals surface area (Å²) in [5.41, 5.74) is 4.43. The molecule has 1 aromatic carbocycles. The van der Waals surface area contributed by atoms with Gasteiger partial charge in [-0.1, -0.05) is 12.6 Å². The SMILES string of the molecule is [C-]#[N+]c1cc(Cc2cc(Nc3cccc(-c4nnn(C)n4)c3OC)c3c(n2)CN(C)C3=O)ncn1. The van der Waals surface area contributed by atoms with Crippen molar-refractivity contribution in [1.29, 1.82) is 0 Å². The maximum atomic E-state index is 12.9. The normalized spacial score (nSPS) is 12.4. The summed E-state index contributed by atoms with van der Waals surface area (Å²) >= 11 is 0. The van der Waals surface area contributed by atoms with E-state index >= 15 is 0 Å². The van der Waals surface area contributed by atoms with Crippen LogP contribution in [-0.4, -0.2) is 60.1 Å². The third kappa shape index (κ3) is 4.10. The third-order valence-corrected chi connectivity index (χ3v) is 5.52. The van der Waals surface area contributed by atoms with Crippen LogP contribution in [0.2, 0.25) is 0 Å². The highest BCUT2D eigenvalue weighted by atomic mass is 16.5. The molecular formula is C23H20N10O2. The topological polar surface area (TPSA) is 128 Å². The second-order valence-electron chi connectivity index (χ2n) is 7.91. The van der Waals surface area contributed by atoms with Crippen molar-refractivity contribution < 1.29 is 9.53 Å². The van der Waals surface area contributed by atoms with Crippen molar-refractivity contribution in [2.75, 3.05) is 19.5 Å². The van der Waals surface area contributed by atoms with E-state index in [2.05, 4.69) is 35.5 Å². The minimum Gasteiger partial charge on any atom is -0.494 e. The fourth-order valence-corrected chi connectivity index (χ4v) is 3.98. The Morgan fingerprint density at radius 2 is 2.03 bits per heavy atom. The lowest BCUT2D eigenvalue weighted by molar-refractivity contribution is 0.0817. The summed E-state index contributed by atoms with van der Waals surface area (Å²) in [6, 6.07) is 8.99. The molecule has 0 aliphatic carbocycles. The monoisotopic (exact) mass is 468 g/mol. The van der Waals surface area contributed by atoms with E-state index < -0.39 is 0 Å². The number of nitrogens with one attached hydrogen (secondary N) is 1. The number of ether oxygens (including phenoxy) is 1. The molecule has 0 saturated heterocycles. The largest absolute Gasteiger partial charge is 0.494 e. The number of carbonyl (C=O) groups is 1. The van der Waals surface area contributed by atoms with Crippen LogP contribution in [-0.2, 0) is 20.0 Å². The van der Waals surface area contributed by atoms with Gasteiger partial charge in [-0.2, -0.15) is 4.80 Å². The summed E-state index contributed by atoms with van der Waals surface area (Å²) < 4.78 is 5.70. The number of methoxy groups -OCH3 is 1. The van der Waals surface area contributed by atoms with Crippen LogP contribution in [0.1, 0.15) is 27.4 Å². The quantitative estimate of drug-likeness (QED) is 0.425. The molecule has 174 valence electrons. The molecule has 0 unspecified atom stereocenters. The van der Waals surface area contributed by atoms with Gasteiger partial charge in [0.2, 0.25) is 12.2 Å². The Bertz CT molecular complexity index is 1490. The lowest BCUT2D eigenvalue weighted by Gasteiger charge is -2.16. The van der Waals surface area contributed by atoms with Crippen molar-refractivity contribution in [1.82, 2.24) is 40.1 Å². The van der Waals surface area contributed by atoms with Crippen LogP contribution in [0.25, 0.3) is 16.2 Å². The first kappa shape index (κ1) is 21.9. The van der Waals surface area contributed by atoms with E-state index in [1.54, 1.807) is 32.2 Å². The maximum absolute atomic E-state index is 12.9. The van der Waals surface area contributed by atoms with Crippen molar-refractivity contribution >= 4 is 23.1 Å². The number of anilines is 2. The fraction of sp³-hybridized carbons (Fsp3) is 0.217. The second kappa shape index (κ2) is 8.79. The van der Waals surface area contributed by atoms with E-state index in [-0.39, 0.29) is 11.7 Å². The summed E-state index contributed by atoms with van der Waals surface area (Å²) in [4.78, 5) is 32.2. The van der Waals surface area contributed by atoms with Gasteiger partial charge in [0, 0.05) is 24.9 Å². The molecule has 0 bridgehead atoms. The van der Waals surface area contributed by atoms with Crippen molar-refractivity contribution in [3.8, 4) is 17.1 Å². The number of fused-ring (bicyclic) bond motifs is 1. The average Bonchev–Trinajstić information content (AvgIpc) is 3.41. The Hall–Kier alpha value is -4.92. The summed E-state index contributed by atoms with van der Waals surface area (Å²) in [6.07, 6.45) is 1.75. The second-order valence-corrected chi connectivity index (χ2v) is 7.91. The molecule has 0 spiro atoms. The number of nitrogens with zero attached hydrogens (tertiary/aromatic N) is 9. The lowest BCUT2D eigenvalue weighted by Crippen LogP contribution is -2.18. The number of hydrogen-bond acceptors (Lipinski definition) is 9. The van der Waals surface area contributed by atoms with Crippen molar-refractivity contribution in [2.45, 2.75) is 13.0 Å². The summed E-state index contributed by atoms with van der Waals surface area (Å²) in [6.45, 7) is 7.58. The standard InChI is InChI=1S/C23H20N10O2/c1-24-19-10-13(25-12-26-19)8-14-9-17(20-18(27-14)11-32(2)23(20)34)28-16-7-5-6-15(21(16)35-4)22-29-31-33(3)30-22/h5-7,9-10,12H,8,11H2,2-4H3,(H,27,28). The lowest BCUT2D eigenvalue weighted by atomic mass is 10.1. The van der Waals surface area contributed by atoms with Crippen molar-refractivity contribution in [3.63, 3.8) is 0 Å². The van der Waals surface area contributed by atoms with Crippen LogP contribution in [0, 0.1) is 6.57 Å². The molecule has 4 aromatic rings. The zero-order chi connectivity index (χ0) is 24.5. The predicted octanol–water partition coefficient (Wildman–Crippen LogP) is 2.54. The van der Waals surface area contributed by atoms with Gasteiger partial charge in [-0.25, -0.2) is 4.98 Å². The van der Waals surface area contributed by atoms with Crippen LogP contribution >= 0.6 is 0 Å². The van der Waals surface area contributed by atoms with Crippen LogP contribution in [0.4, 0.5) is 17.2 Å². The number of amides is 1. The molecule has 4 heterocycles. The maximum Gasteiger partial charge on any atom is 0.273 e. The minimum atomic E-state index is -0.121. The van der Waals surface area contributed by atoms with Crippen molar-refractivity contribution in [3.05, 3.63) is 70.7 Å². The summed E-state index contributed by atoms with van der Waals surface area (Å²) in [7, 11) is 4.99. The highest BCUT2D eigenvalue weighted by molar-refractivity contribution is 6.03. The molecule has 0 radical (unpaired) electrons. The zero-order valence-corrected chi connectivity index (χ0v) is 19.2. The highest BCUT2D eigenvalue weighted by Crippen LogP contribution is 2.38. The Morgan fingerprint density at radius 3 is 2.77 bits per heavy atom. The molecule has 0 fully saturated rings. The van der Waals surface area contributed by atoms with Gasteiger partial charge in [-0.3, -0.25) is 9.78 Å². The highest BCUT2D eigenvalue weighted by Gasteiger charge is 2.30. The van der Waals surface area contributed by atoms with Gasteiger partial charge in [-0.05, 0) is 29.5 Å². The number of aryl methyl sites for hydroxylation is 1. The zero-order valence-electron chi connectivity index (χ0n) is 19.2. The van der Waals surface area contributed by atoms with Gasteiger partial charge < -0.3 is 19.8 Å².